The Bertz CT molecular complexity index is 41.3. The molecule has 0 saturated carbocycles. The standard InChI is InChI=1S/CH2BN.CH2Cl2/c2*2-1-3/h2H2;1H2. The lowest BCUT2D eigenvalue weighted by Crippen LogP contribution is -1.32. The molecule has 0 radical (unpaired) electrons. The third-order valence-corrected chi connectivity index (χ3v) is 0. The van der Waals surface area contributed by atoms with E-state index in [2.05, 4.69) is 0 Å². The number of hydrogen-bond donors (Lipinski definition) is 0. The molecule has 1 nitrogen and oxygen atoms in total. The van der Waals surface area contributed by atoms with Gasteiger partial charge in [0.2, 0.25) is 7.85 Å². The number of halogens is 2. The van der Waals surface area contributed by atoms with Gasteiger partial charge in [-0.2, -0.15) is 0 Å². The van der Waals surface area contributed by atoms with Gasteiger partial charge in [0.25, 0.3) is 0 Å². The molecule has 0 aliphatic carbocycles. The Kier molecular flexibility index (Phi) is 30.4. The molecule has 0 aromatic heterocycles. The summed E-state index contributed by atoms with van der Waals surface area (Å²) < 4.78 is 0. The molecule has 0 aliphatic rings. The molecular formula is C2H4BCl2N. The topological polar surface area (TPSA) is 23.8 Å². The SMILES string of the molecule is BC#N.ClCCl. The minimum absolute atomic E-state index is 0.194. The molecule has 0 bridgehead atoms. The van der Waals surface area contributed by atoms with Crippen molar-refractivity contribution in [3.8, 4) is 5.97 Å². The highest BCUT2D eigenvalue weighted by molar-refractivity contribution is 6.40. The Morgan fingerprint density at radius 3 is 1.67 bits per heavy atom. The summed E-state index contributed by atoms with van der Waals surface area (Å²) in [5, 5.41) is 7.51. The molecule has 0 heterocycles. The number of nitrogens with zero attached hydrogens (tertiary/aromatic N) is 1. The maximum absolute atomic E-state index is 7.32. The first kappa shape index (κ1) is 9.46. The van der Waals surface area contributed by atoms with Crippen LogP contribution < -0.4 is 0 Å². The van der Waals surface area contributed by atoms with Crippen LogP contribution in [0.1, 0.15) is 0 Å². The number of alkyl halides is 2. The van der Waals surface area contributed by atoms with Crippen molar-refractivity contribution in [1.29, 1.82) is 5.26 Å². The van der Waals surface area contributed by atoms with Crippen molar-refractivity contribution in [1.82, 2.24) is 0 Å². The first-order valence-electron chi connectivity index (χ1n) is 1.26. The average molecular weight is 124 g/mol. The van der Waals surface area contributed by atoms with Crippen LogP contribution in [-0.4, -0.2) is 13.2 Å². The van der Waals surface area contributed by atoms with E-state index >= 15 is 0 Å². The van der Waals surface area contributed by atoms with Gasteiger partial charge in [-0.15, -0.1) is 23.2 Å². The van der Waals surface area contributed by atoms with E-state index in [1.807, 2.05) is 0 Å². The normalized spacial score (nSPS) is 4.17. The molecule has 0 spiro atoms. The Labute approximate surface area is 48.3 Å². The van der Waals surface area contributed by atoms with E-state index in [-0.39, 0.29) is 5.34 Å². The fraction of sp³-hybridized carbons (Fsp3) is 0.500. The van der Waals surface area contributed by atoms with Crippen LogP contribution >= 0.6 is 23.2 Å². The minimum atomic E-state index is 0.194. The van der Waals surface area contributed by atoms with Gasteiger partial charge < -0.3 is 0 Å². The van der Waals surface area contributed by atoms with Crippen LogP contribution in [0.4, 0.5) is 0 Å². The van der Waals surface area contributed by atoms with Gasteiger partial charge in [-0.1, -0.05) is 0 Å². The first-order valence-corrected chi connectivity index (χ1v) is 2.33. The molecule has 0 aromatic rings. The largest absolute Gasteiger partial charge is 0.232 e. The van der Waals surface area contributed by atoms with Crippen molar-refractivity contribution in [2.75, 3.05) is 5.34 Å². The highest BCUT2D eigenvalue weighted by Crippen LogP contribution is 1.73. The molecule has 6 heavy (non-hydrogen) atoms. The highest BCUT2D eigenvalue weighted by atomic mass is 35.5. The quantitative estimate of drug-likeness (QED) is 0.341. The molecule has 0 saturated heterocycles. The van der Waals surface area contributed by atoms with Gasteiger partial charge in [0.1, 0.15) is 0 Å². The van der Waals surface area contributed by atoms with E-state index in [0.29, 0.717) is 0 Å². The lowest BCUT2D eigenvalue weighted by molar-refractivity contribution is 1.57. The van der Waals surface area contributed by atoms with Crippen LogP contribution in [0, 0.1) is 11.2 Å². The molecule has 0 fully saturated rings. The van der Waals surface area contributed by atoms with Crippen LogP contribution in [-0.2, 0) is 0 Å². The van der Waals surface area contributed by atoms with E-state index in [9.17, 15) is 0 Å². The second-order valence-corrected chi connectivity index (χ2v) is 1.13. The maximum atomic E-state index is 7.32. The zero-order valence-corrected chi connectivity index (χ0v) is 4.92. The van der Waals surface area contributed by atoms with Gasteiger partial charge in [-0.05, 0) is 5.97 Å². The summed E-state index contributed by atoms with van der Waals surface area (Å²) in [6.07, 6.45) is 0. The molecule has 0 rings (SSSR count). The fourth-order valence-corrected chi connectivity index (χ4v) is 0. The second-order valence-electron chi connectivity index (χ2n) is 0.325. The lowest BCUT2D eigenvalue weighted by Gasteiger charge is -1.42. The summed E-state index contributed by atoms with van der Waals surface area (Å²) in [7, 11) is 1.43. The van der Waals surface area contributed by atoms with Crippen molar-refractivity contribution in [2.45, 2.75) is 0 Å². The molecule has 4 heteroatoms. The Balaban J connectivity index is 0. The second kappa shape index (κ2) is 19.3. The number of nitriles is 1. The van der Waals surface area contributed by atoms with E-state index in [1.54, 1.807) is 5.97 Å². The predicted octanol–water partition coefficient (Wildman–Crippen LogP) is 0.522. The van der Waals surface area contributed by atoms with Gasteiger partial charge in [0, 0.05) is 0 Å². The summed E-state index contributed by atoms with van der Waals surface area (Å²) in [6.45, 7) is 0. The molecule has 0 aromatic carbocycles. The molecule has 0 aliphatic heterocycles. The first-order chi connectivity index (χ1) is 2.83. The van der Waals surface area contributed by atoms with E-state index in [1.165, 1.54) is 7.85 Å². The van der Waals surface area contributed by atoms with Crippen molar-refractivity contribution >= 4 is 31.0 Å². The monoisotopic (exact) mass is 123 g/mol. The van der Waals surface area contributed by atoms with Crippen LogP contribution in [0.2, 0.25) is 0 Å². The van der Waals surface area contributed by atoms with Crippen LogP contribution in [0.25, 0.3) is 0 Å². The number of rotatable bonds is 0. The third-order valence-electron chi connectivity index (χ3n) is 0. The van der Waals surface area contributed by atoms with Crippen molar-refractivity contribution in [2.24, 2.45) is 0 Å². The molecule has 34 valence electrons. The summed E-state index contributed by atoms with van der Waals surface area (Å²) in [4.78, 5) is 0. The highest BCUT2D eigenvalue weighted by Gasteiger charge is 1.41. The zero-order valence-electron chi connectivity index (χ0n) is 3.41. The predicted molar refractivity (Wildman–Crippen MR) is 30.7 cm³/mol. The third kappa shape index (κ3) is 2230. The van der Waals surface area contributed by atoms with E-state index in [0.717, 1.165) is 0 Å². The molecule has 0 atom stereocenters. The smallest absolute Gasteiger partial charge is 0.213 e. The van der Waals surface area contributed by atoms with Crippen LogP contribution in [0.15, 0.2) is 0 Å². The Morgan fingerprint density at radius 2 is 1.67 bits per heavy atom. The van der Waals surface area contributed by atoms with Crippen molar-refractivity contribution in [3.63, 3.8) is 0 Å². The van der Waals surface area contributed by atoms with Crippen LogP contribution in [0.5, 0.6) is 0 Å². The molecule has 0 amide bonds. The molecule has 0 N–H and O–H groups in total. The van der Waals surface area contributed by atoms with E-state index < -0.39 is 0 Å². The van der Waals surface area contributed by atoms with Gasteiger partial charge in [0.05, 0.1) is 5.34 Å². The van der Waals surface area contributed by atoms with Crippen LogP contribution in [0.3, 0.4) is 0 Å². The number of hydrogen-bond acceptors (Lipinski definition) is 1. The summed E-state index contributed by atoms with van der Waals surface area (Å²) in [6, 6.07) is 0. The Hall–Kier alpha value is 0.135. The summed E-state index contributed by atoms with van der Waals surface area (Å²) in [5.74, 6) is 1.75. The lowest BCUT2D eigenvalue weighted by atomic mass is 10.2. The zero-order chi connectivity index (χ0) is 5.41. The summed E-state index contributed by atoms with van der Waals surface area (Å²) in [5.41, 5.74) is 0. The minimum Gasteiger partial charge on any atom is -0.213 e. The van der Waals surface area contributed by atoms with E-state index in [4.69, 9.17) is 28.5 Å². The van der Waals surface area contributed by atoms with Crippen molar-refractivity contribution < 1.29 is 0 Å². The fourth-order valence-electron chi connectivity index (χ4n) is 0. The van der Waals surface area contributed by atoms with Gasteiger partial charge >= 0.3 is 0 Å². The Morgan fingerprint density at radius 1 is 1.67 bits per heavy atom. The van der Waals surface area contributed by atoms with Gasteiger partial charge in [-0.25, -0.2) is 5.26 Å². The maximum Gasteiger partial charge on any atom is 0.232 e. The average Bonchev–Trinajstić information content (AvgIpc) is 1.39. The molecule has 0 unspecified atom stereocenters. The molecular weight excluding hydrogens is 120 g/mol. The summed E-state index contributed by atoms with van der Waals surface area (Å²) >= 11 is 9.53. The van der Waals surface area contributed by atoms with Crippen molar-refractivity contribution in [3.05, 3.63) is 0 Å². The van der Waals surface area contributed by atoms with Gasteiger partial charge in [-0.3, -0.25) is 0 Å². The van der Waals surface area contributed by atoms with Gasteiger partial charge in [0.15, 0.2) is 0 Å².